The van der Waals surface area contributed by atoms with Crippen LogP contribution in [-0.4, -0.2) is 30.1 Å². The maximum absolute atomic E-state index is 12.0. The number of amides is 3. The van der Waals surface area contributed by atoms with Gasteiger partial charge in [0.15, 0.2) is 0 Å². The molecule has 5 nitrogen and oxygen atoms in total. The molecule has 136 valence electrons. The van der Waals surface area contributed by atoms with E-state index in [9.17, 15) is 9.59 Å². The summed E-state index contributed by atoms with van der Waals surface area (Å²) in [4.78, 5) is 23.5. The van der Waals surface area contributed by atoms with Crippen molar-refractivity contribution in [2.45, 2.75) is 69.4 Å². The van der Waals surface area contributed by atoms with Gasteiger partial charge in [0.25, 0.3) is 5.91 Å². The van der Waals surface area contributed by atoms with Crippen molar-refractivity contribution in [1.82, 2.24) is 16.0 Å². The normalized spacial score (nSPS) is 26.6. The Labute approximate surface area is 150 Å². The number of hydrogen-bond acceptors (Lipinski definition) is 3. The Kier molecular flexibility index (Phi) is 5.13. The molecule has 1 aliphatic carbocycles. The van der Waals surface area contributed by atoms with Gasteiger partial charge in [-0.15, -0.1) is 0 Å². The van der Waals surface area contributed by atoms with Crippen LogP contribution in [0.3, 0.4) is 0 Å². The largest absolute Gasteiger partial charge is 0.323 e. The number of nitrogens with one attached hydrogen (secondary N) is 3. The number of carbonyl (C=O) groups excluding carboxylic acids is 2. The van der Waals surface area contributed by atoms with E-state index in [2.05, 4.69) is 60.1 Å². The number of urea groups is 1. The van der Waals surface area contributed by atoms with Crippen molar-refractivity contribution in [2.75, 3.05) is 6.54 Å². The summed E-state index contributed by atoms with van der Waals surface area (Å²) in [5.41, 5.74) is 0.874. The molecule has 3 N–H and O–H groups in total. The average Bonchev–Trinajstić information content (AvgIpc) is 2.92. The van der Waals surface area contributed by atoms with E-state index in [1.165, 1.54) is 5.56 Å². The fourth-order valence-corrected chi connectivity index (χ4v) is 4.34. The molecule has 25 heavy (non-hydrogen) atoms. The Balaban J connectivity index is 1.60. The average molecular weight is 343 g/mol. The minimum Gasteiger partial charge on any atom is -0.323 e. The Hall–Kier alpha value is -1.88. The lowest BCUT2D eigenvalue weighted by Gasteiger charge is -2.38. The minimum atomic E-state index is -0.665. The maximum atomic E-state index is 12.0. The molecule has 1 spiro atoms. The fourth-order valence-electron chi connectivity index (χ4n) is 4.34. The molecule has 1 heterocycles. The zero-order valence-corrected chi connectivity index (χ0v) is 15.2. The molecule has 0 atom stereocenters. The summed E-state index contributed by atoms with van der Waals surface area (Å²) in [6.45, 7) is 5.46. The van der Waals surface area contributed by atoms with Crippen LogP contribution in [0.2, 0.25) is 0 Å². The Morgan fingerprint density at radius 2 is 1.76 bits per heavy atom. The minimum absolute atomic E-state index is 0.148. The monoisotopic (exact) mass is 343 g/mol. The van der Waals surface area contributed by atoms with Crippen LogP contribution in [-0.2, 0) is 10.2 Å². The quantitative estimate of drug-likeness (QED) is 0.696. The second kappa shape index (κ2) is 7.16. The lowest BCUT2D eigenvalue weighted by atomic mass is 9.74. The Morgan fingerprint density at radius 1 is 1.12 bits per heavy atom. The van der Waals surface area contributed by atoms with Gasteiger partial charge in [0.1, 0.15) is 5.54 Å². The summed E-state index contributed by atoms with van der Waals surface area (Å²) < 4.78 is 0. The van der Waals surface area contributed by atoms with Gasteiger partial charge in [-0.05, 0) is 44.1 Å². The number of hydrogen-bond donors (Lipinski definition) is 3. The second-order valence-corrected chi connectivity index (χ2v) is 7.50. The first-order chi connectivity index (χ1) is 12.0. The van der Waals surface area contributed by atoms with E-state index < -0.39 is 5.54 Å². The molecular formula is C20H29N3O2. The topological polar surface area (TPSA) is 70.2 Å². The second-order valence-electron chi connectivity index (χ2n) is 7.50. The first kappa shape index (κ1) is 17.9. The van der Waals surface area contributed by atoms with Gasteiger partial charge in [0.05, 0.1) is 0 Å². The molecule has 1 aromatic carbocycles. The van der Waals surface area contributed by atoms with Crippen LogP contribution < -0.4 is 16.0 Å². The van der Waals surface area contributed by atoms with Crippen molar-refractivity contribution in [3.63, 3.8) is 0 Å². The number of imide groups is 1. The van der Waals surface area contributed by atoms with Crippen LogP contribution in [0.5, 0.6) is 0 Å². The van der Waals surface area contributed by atoms with Gasteiger partial charge in [-0.1, -0.05) is 44.2 Å². The molecule has 3 rings (SSSR count). The van der Waals surface area contributed by atoms with E-state index in [0.717, 1.165) is 32.2 Å². The number of carbonyl (C=O) groups is 2. The molecule has 1 saturated heterocycles. The van der Waals surface area contributed by atoms with Crippen LogP contribution in [0.25, 0.3) is 0 Å². The van der Waals surface area contributed by atoms with Gasteiger partial charge in [-0.2, -0.15) is 0 Å². The highest BCUT2D eigenvalue weighted by Crippen LogP contribution is 2.34. The van der Waals surface area contributed by atoms with E-state index in [1.54, 1.807) is 0 Å². The van der Waals surface area contributed by atoms with Gasteiger partial charge < -0.3 is 10.6 Å². The smallest absolute Gasteiger partial charge is 0.322 e. The number of rotatable bonds is 6. The van der Waals surface area contributed by atoms with Crippen LogP contribution in [0.1, 0.15) is 57.9 Å². The van der Waals surface area contributed by atoms with Gasteiger partial charge in [-0.25, -0.2) is 4.79 Å². The van der Waals surface area contributed by atoms with Crippen LogP contribution in [0.4, 0.5) is 4.79 Å². The molecule has 0 unspecified atom stereocenters. The third kappa shape index (κ3) is 3.43. The van der Waals surface area contributed by atoms with Crippen LogP contribution >= 0.6 is 0 Å². The third-order valence-electron chi connectivity index (χ3n) is 6.32. The van der Waals surface area contributed by atoms with E-state index in [0.29, 0.717) is 18.9 Å². The first-order valence-corrected chi connectivity index (χ1v) is 9.46. The Bertz CT molecular complexity index is 617. The summed E-state index contributed by atoms with van der Waals surface area (Å²) in [5.74, 6) is -0.156. The molecular weight excluding hydrogens is 314 g/mol. The summed E-state index contributed by atoms with van der Waals surface area (Å²) in [6, 6.07) is 10.8. The predicted molar refractivity (Wildman–Crippen MR) is 98.4 cm³/mol. The summed E-state index contributed by atoms with van der Waals surface area (Å²) in [5, 5.41) is 8.96. The molecule has 5 heteroatoms. The van der Waals surface area contributed by atoms with Crippen molar-refractivity contribution in [3.8, 4) is 0 Å². The highest BCUT2D eigenvalue weighted by Gasteiger charge is 2.48. The highest BCUT2D eigenvalue weighted by molar-refractivity contribution is 6.07. The molecule has 2 aliphatic rings. The van der Waals surface area contributed by atoms with E-state index in [4.69, 9.17) is 0 Å². The maximum Gasteiger partial charge on any atom is 0.322 e. The fraction of sp³-hybridized carbons (Fsp3) is 0.600. The van der Waals surface area contributed by atoms with Crippen molar-refractivity contribution < 1.29 is 9.59 Å². The van der Waals surface area contributed by atoms with Gasteiger partial charge >= 0.3 is 6.03 Å². The number of benzene rings is 1. The molecule has 1 saturated carbocycles. The molecule has 2 fully saturated rings. The van der Waals surface area contributed by atoms with Gasteiger partial charge in [0, 0.05) is 18.0 Å². The first-order valence-electron chi connectivity index (χ1n) is 9.46. The lowest BCUT2D eigenvalue weighted by molar-refractivity contribution is -0.125. The molecule has 0 radical (unpaired) electrons. The summed E-state index contributed by atoms with van der Waals surface area (Å²) in [7, 11) is 0. The third-order valence-corrected chi connectivity index (χ3v) is 6.32. The van der Waals surface area contributed by atoms with Crippen LogP contribution in [0.15, 0.2) is 30.3 Å². The summed E-state index contributed by atoms with van der Waals surface area (Å²) in [6.07, 6.45) is 5.42. The van der Waals surface area contributed by atoms with Crippen LogP contribution in [0, 0.1) is 0 Å². The zero-order valence-electron chi connectivity index (χ0n) is 15.2. The van der Waals surface area contributed by atoms with Crippen molar-refractivity contribution in [1.29, 1.82) is 0 Å². The molecule has 3 amide bonds. The van der Waals surface area contributed by atoms with E-state index in [-0.39, 0.29) is 17.4 Å². The predicted octanol–water partition coefficient (Wildman–Crippen LogP) is 2.85. The van der Waals surface area contributed by atoms with Gasteiger partial charge in [0.2, 0.25) is 0 Å². The van der Waals surface area contributed by atoms with E-state index in [1.807, 2.05) is 0 Å². The van der Waals surface area contributed by atoms with Crippen molar-refractivity contribution in [3.05, 3.63) is 35.9 Å². The van der Waals surface area contributed by atoms with Crippen molar-refractivity contribution >= 4 is 11.9 Å². The summed E-state index contributed by atoms with van der Waals surface area (Å²) >= 11 is 0. The standard InChI is InChI=1S/C20H29N3O2/c1-3-19(4-2,15-8-6-5-7-9-15)14-21-16-10-12-20(13-11-16)17(24)22-18(25)23-20/h5-9,16,21H,3-4,10-14H2,1-2H3,(H2,22,23,24,25). The highest BCUT2D eigenvalue weighted by atomic mass is 16.2. The Morgan fingerprint density at radius 3 is 2.28 bits per heavy atom. The zero-order chi connectivity index (χ0) is 17.9. The van der Waals surface area contributed by atoms with E-state index >= 15 is 0 Å². The van der Waals surface area contributed by atoms with Crippen molar-refractivity contribution in [2.24, 2.45) is 0 Å². The molecule has 0 bridgehead atoms. The lowest BCUT2D eigenvalue weighted by Crippen LogP contribution is -2.53. The van der Waals surface area contributed by atoms with Gasteiger partial charge in [-0.3, -0.25) is 10.1 Å². The molecule has 1 aliphatic heterocycles. The molecule has 1 aromatic rings. The SMILES string of the molecule is CCC(CC)(CNC1CCC2(CC1)NC(=O)NC2=O)c1ccccc1. The molecule has 0 aromatic heterocycles.